The van der Waals surface area contributed by atoms with Gasteiger partial charge < -0.3 is 10.1 Å². The summed E-state index contributed by atoms with van der Waals surface area (Å²) in [7, 11) is 3.16. The lowest BCUT2D eigenvalue weighted by Gasteiger charge is -2.26. The predicted molar refractivity (Wildman–Crippen MR) is 67.3 cm³/mol. The quantitative estimate of drug-likeness (QED) is 0.862. The Morgan fingerprint density at radius 3 is 2.44 bits per heavy atom. The van der Waals surface area contributed by atoms with Crippen molar-refractivity contribution in [1.29, 1.82) is 0 Å². The Morgan fingerprint density at radius 1 is 1.44 bits per heavy atom. The maximum absolute atomic E-state index is 11.6. The third-order valence-corrected chi connectivity index (χ3v) is 3.19. The Kier molecular flexibility index (Phi) is 4.50. The molecular formula is C12H16BrNO2. The smallest absolute Gasteiger partial charge is 0.326 e. The van der Waals surface area contributed by atoms with Gasteiger partial charge in [-0.3, -0.25) is 4.79 Å². The second-order valence-corrected chi connectivity index (χ2v) is 4.79. The molecule has 1 aromatic rings. The lowest BCUT2D eigenvalue weighted by molar-refractivity contribution is -0.147. The molecule has 88 valence electrons. The van der Waals surface area contributed by atoms with Crippen molar-refractivity contribution in [3.05, 3.63) is 34.3 Å². The lowest BCUT2D eigenvalue weighted by atomic mass is 9.93. The minimum Gasteiger partial charge on any atom is -0.468 e. The molecule has 0 heterocycles. The highest BCUT2D eigenvalue weighted by Crippen LogP contribution is 2.17. The minimum atomic E-state index is -0.678. The summed E-state index contributed by atoms with van der Waals surface area (Å²) < 4.78 is 5.82. The number of benzene rings is 1. The van der Waals surface area contributed by atoms with Gasteiger partial charge in [-0.2, -0.15) is 0 Å². The fraction of sp³-hybridized carbons (Fsp3) is 0.417. The summed E-state index contributed by atoms with van der Waals surface area (Å²) in [5, 5.41) is 3.01. The third kappa shape index (κ3) is 3.06. The zero-order chi connectivity index (χ0) is 12.2. The minimum absolute atomic E-state index is 0.252. The monoisotopic (exact) mass is 285 g/mol. The van der Waals surface area contributed by atoms with Crippen LogP contribution in [0, 0.1) is 0 Å². The molecule has 1 aromatic carbocycles. The highest BCUT2D eigenvalue weighted by atomic mass is 79.9. The van der Waals surface area contributed by atoms with Gasteiger partial charge in [0.05, 0.1) is 7.11 Å². The summed E-state index contributed by atoms with van der Waals surface area (Å²) in [6.45, 7) is 1.83. The number of ether oxygens (including phenoxy) is 1. The maximum atomic E-state index is 11.6. The van der Waals surface area contributed by atoms with Crippen LogP contribution in [0.3, 0.4) is 0 Å². The van der Waals surface area contributed by atoms with E-state index in [4.69, 9.17) is 4.74 Å². The van der Waals surface area contributed by atoms with E-state index in [0.717, 1.165) is 10.0 Å². The molecule has 0 radical (unpaired) electrons. The zero-order valence-electron chi connectivity index (χ0n) is 9.71. The SMILES string of the molecule is CNC(C)(Cc1ccc(Br)cc1)C(=O)OC. The average molecular weight is 286 g/mol. The molecule has 0 aromatic heterocycles. The van der Waals surface area contributed by atoms with Crippen molar-refractivity contribution >= 4 is 21.9 Å². The normalized spacial score (nSPS) is 14.2. The topological polar surface area (TPSA) is 38.3 Å². The summed E-state index contributed by atoms with van der Waals surface area (Å²) >= 11 is 3.38. The van der Waals surface area contributed by atoms with E-state index in [1.54, 1.807) is 7.05 Å². The fourth-order valence-corrected chi connectivity index (χ4v) is 1.76. The number of carbonyl (C=O) groups is 1. The summed E-state index contributed by atoms with van der Waals surface area (Å²) in [6, 6.07) is 7.90. The molecule has 0 aliphatic carbocycles. The van der Waals surface area contributed by atoms with Gasteiger partial charge in [0, 0.05) is 10.9 Å². The van der Waals surface area contributed by atoms with Crippen LogP contribution in [0.15, 0.2) is 28.7 Å². The van der Waals surface area contributed by atoms with E-state index in [-0.39, 0.29) is 5.97 Å². The van der Waals surface area contributed by atoms with E-state index in [2.05, 4.69) is 21.2 Å². The molecule has 0 aliphatic heterocycles. The maximum Gasteiger partial charge on any atom is 0.326 e. The van der Waals surface area contributed by atoms with Gasteiger partial charge in [-0.15, -0.1) is 0 Å². The Labute approximate surface area is 104 Å². The first-order valence-electron chi connectivity index (χ1n) is 5.03. The van der Waals surface area contributed by atoms with Crippen LogP contribution in [-0.4, -0.2) is 25.7 Å². The van der Waals surface area contributed by atoms with Crippen LogP contribution in [0.25, 0.3) is 0 Å². The van der Waals surface area contributed by atoms with Gasteiger partial charge in [0.1, 0.15) is 5.54 Å². The molecule has 1 atom stereocenters. The van der Waals surface area contributed by atoms with Crippen LogP contribution in [-0.2, 0) is 16.0 Å². The van der Waals surface area contributed by atoms with Gasteiger partial charge in [0.15, 0.2) is 0 Å². The van der Waals surface area contributed by atoms with Crippen molar-refractivity contribution in [1.82, 2.24) is 5.32 Å². The fourth-order valence-electron chi connectivity index (χ4n) is 1.50. The number of hydrogen-bond acceptors (Lipinski definition) is 3. The summed E-state index contributed by atoms with van der Waals surface area (Å²) in [5.74, 6) is -0.252. The second-order valence-electron chi connectivity index (χ2n) is 3.88. The highest BCUT2D eigenvalue weighted by molar-refractivity contribution is 9.10. The summed E-state index contributed by atoms with van der Waals surface area (Å²) in [5.41, 5.74) is 0.410. The van der Waals surface area contributed by atoms with Gasteiger partial charge in [-0.1, -0.05) is 28.1 Å². The molecule has 0 amide bonds. The number of methoxy groups -OCH3 is 1. The van der Waals surface area contributed by atoms with E-state index in [0.29, 0.717) is 6.42 Å². The number of halogens is 1. The highest BCUT2D eigenvalue weighted by Gasteiger charge is 2.32. The molecule has 1 rings (SSSR count). The van der Waals surface area contributed by atoms with E-state index >= 15 is 0 Å². The molecule has 0 saturated carbocycles. The molecule has 1 N–H and O–H groups in total. The van der Waals surface area contributed by atoms with E-state index in [9.17, 15) is 4.79 Å². The molecule has 1 unspecified atom stereocenters. The molecule has 4 heteroatoms. The van der Waals surface area contributed by atoms with Gasteiger partial charge in [-0.05, 0) is 31.7 Å². The molecule has 0 fully saturated rings. The van der Waals surface area contributed by atoms with Crippen LogP contribution in [0.4, 0.5) is 0 Å². The van der Waals surface area contributed by atoms with E-state index in [1.807, 2.05) is 31.2 Å². The van der Waals surface area contributed by atoms with Crippen molar-refractivity contribution in [2.75, 3.05) is 14.2 Å². The van der Waals surface area contributed by atoms with Crippen LogP contribution >= 0.6 is 15.9 Å². The Balaban J connectivity index is 2.84. The standard InChI is InChI=1S/C12H16BrNO2/c1-12(14-2,11(15)16-3)8-9-4-6-10(13)7-5-9/h4-7,14H,8H2,1-3H3. The van der Waals surface area contributed by atoms with Gasteiger partial charge in [-0.25, -0.2) is 0 Å². The molecule has 3 nitrogen and oxygen atoms in total. The number of hydrogen-bond donors (Lipinski definition) is 1. The molecular weight excluding hydrogens is 270 g/mol. The van der Waals surface area contributed by atoms with Crippen LogP contribution in [0.5, 0.6) is 0 Å². The first-order valence-corrected chi connectivity index (χ1v) is 5.83. The zero-order valence-corrected chi connectivity index (χ0v) is 11.3. The number of nitrogens with one attached hydrogen (secondary N) is 1. The average Bonchev–Trinajstić information content (AvgIpc) is 2.31. The largest absolute Gasteiger partial charge is 0.468 e. The number of carbonyl (C=O) groups excluding carboxylic acids is 1. The number of likely N-dealkylation sites (N-methyl/N-ethyl adjacent to an activating group) is 1. The van der Waals surface area contributed by atoms with Crippen molar-refractivity contribution in [3.8, 4) is 0 Å². The predicted octanol–water partition coefficient (Wildman–Crippen LogP) is 2.14. The molecule has 0 spiro atoms. The number of rotatable bonds is 4. The van der Waals surface area contributed by atoms with Crippen LogP contribution in [0.1, 0.15) is 12.5 Å². The van der Waals surface area contributed by atoms with Crippen molar-refractivity contribution in [2.45, 2.75) is 18.9 Å². The Hall–Kier alpha value is -0.870. The lowest BCUT2D eigenvalue weighted by Crippen LogP contribution is -2.50. The van der Waals surface area contributed by atoms with Gasteiger partial charge in [0.25, 0.3) is 0 Å². The van der Waals surface area contributed by atoms with Crippen molar-refractivity contribution in [3.63, 3.8) is 0 Å². The summed E-state index contributed by atoms with van der Waals surface area (Å²) in [6.07, 6.45) is 0.601. The first kappa shape index (κ1) is 13.2. The molecule has 16 heavy (non-hydrogen) atoms. The molecule has 0 aliphatic rings. The third-order valence-electron chi connectivity index (χ3n) is 2.66. The van der Waals surface area contributed by atoms with Crippen molar-refractivity contribution < 1.29 is 9.53 Å². The van der Waals surface area contributed by atoms with Crippen molar-refractivity contribution in [2.24, 2.45) is 0 Å². The summed E-state index contributed by atoms with van der Waals surface area (Å²) in [4.78, 5) is 11.6. The first-order chi connectivity index (χ1) is 7.51. The van der Waals surface area contributed by atoms with E-state index < -0.39 is 5.54 Å². The van der Waals surface area contributed by atoms with Gasteiger partial charge in [0.2, 0.25) is 0 Å². The van der Waals surface area contributed by atoms with Crippen LogP contribution < -0.4 is 5.32 Å². The Morgan fingerprint density at radius 2 is 2.00 bits per heavy atom. The van der Waals surface area contributed by atoms with E-state index in [1.165, 1.54) is 7.11 Å². The van der Waals surface area contributed by atoms with Gasteiger partial charge >= 0.3 is 5.97 Å². The number of esters is 1. The van der Waals surface area contributed by atoms with Crippen LogP contribution in [0.2, 0.25) is 0 Å². The second kappa shape index (κ2) is 5.46. The molecule has 0 bridgehead atoms. The Bertz CT molecular complexity index is 364. The molecule has 0 saturated heterocycles.